The number of carbonyl (C=O) groups excluding carboxylic acids is 1. The fourth-order valence-electron chi connectivity index (χ4n) is 3.73. The minimum Gasteiger partial charge on any atom is -0.726 e. The van der Waals surface area contributed by atoms with Gasteiger partial charge in [0, 0.05) is 18.4 Å². The first-order chi connectivity index (χ1) is 14.3. The van der Waals surface area contributed by atoms with Gasteiger partial charge in [0.2, 0.25) is 10.4 Å². The van der Waals surface area contributed by atoms with Crippen LogP contribution in [0.3, 0.4) is 0 Å². The van der Waals surface area contributed by atoms with Crippen LogP contribution in [0.25, 0.3) is 0 Å². The van der Waals surface area contributed by atoms with Crippen LogP contribution in [0.1, 0.15) is 103 Å². The van der Waals surface area contributed by atoms with Gasteiger partial charge in [-0.25, -0.2) is 13.4 Å². The zero-order valence-corrected chi connectivity index (χ0v) is 24.9. The van der Waals surface area contributed by atoms with E-state index in [1.165, 1.54) is 6.42 Å². The number of nitrogens with zero attached hydrogens (tertiary/aromatic N) is 2. The fraction of sp³-hybridized carbons (Fsp3) is 0.810. The Balaban J connectivity index is 0. The second-order valence-electron chi connectivity index (χ2n) is 7.86. The minimum atomic E-state index is -4.81. The van der Waals surface area contributed by atoms with Crippen LogP contribution in [-0.2, 0) is 19.4 Å². The molecule has 174 valence electrons. The van der Waals surface area contributed by atoms with Crippen molar-refractivity contribution in [3.05, 3.63) is 18.7 Å². The topological polar surface area (TPSA) is 124 Å². The summed E-state index contributed by atoms with van der Waals surface area (Å²) in [5, 5.41) is 10.4. The standard InChI is InChI=1S/C21H38N2O6S.2Na/c1-2-3-4-5-8-11-14-20(29-30(26,27)28)19(23-17-16-22-18-23)13-10-7-6-9-12-15-21(24)25;;/h16-20H,2-15H2,1H3,(H,24,25)(H,26,27,28);;/q;2*+1/p-2. The maximum absolute atomic E-state index is 11.3. The molecule has 0 spiro atoms. The van der Waals surface area contributed by atoms with Gasteiger partial charge in [0.15, 0.2) is 0 Å². The average molecular weight is 491 g/mol. The Bertz CT molecular complexity index is 674. The number of hydrogen-bond donors (Lipinski definition) is 0. The number of rotatable bonds is 19. The molecule has 0 fully saturated rings. The van der Waals surface area contributed by atoms with E-state index in [0.717, 1.165) is 57.8 Å². The van der Waals surface area contributed by atoms with E-state index in [-0.39, 0.29) is 71.6 Å². The molecule has 0 saturated carbocycles. The van der Waals surface area contributed by atoms with Crippen molar-refractivity contribution in [2.75, 3.05) is 0 Å². The molecule has 1 rings (SSSR count). The molecule has 32 heavy (non-hydrogen) atoms. The van der Waals surface area contributed by atoms with Crippen molar-refractivity contribution in [1.82, 2.24) is 9.55 Å². The van der Waals surface area contributed by atoms with E-state index in [1.807, 2.05) is 4.57 Å². The summed E-state index contributed by atoms with van der Waals surface area (Å²) in [6.45, 7) is 2.15. The zero-order valence-electron chi connectivity index (χ0n) is 20.0. The second kappa shape index (κ2) is 20.9. The third-order valence-corrected chi connectivity index (χ3v) is 5.78. The molecule has 0 bridgehead atoms. The van der Waals surface area contributed by atoms with Gasteiger partial charge in [-0.15, -0.1) is 0 Å². The Morgan fingerprint density at radius 3 is 2.06 bits per heavy atom. The molecule has 0 aliphatic heterocycles. The second-order valence-corrected chi connectivity index (χ2v) is 8.86. The molecule has 2 unspecified atom stereocenters. The summed E-state index contributed by atoms with van der Waals surface area (Å²) < 4.78 is 40.8. The predicted octanol–water partition coefficient (Wildman–Crippen LogP) is -2.49. The fourth-order valence-corrected chi connectivity index (χ4v) is 4.25. The van der Waals surface area contributed by atoms with Crippen LogP contribution in [0.4, 0.5) is 0 Å². The van der Waals surface area contributed by atoms with Gasteiger partial charge in [0.05, 0.1) is 18.5 Å². The summed E-state index contributed by atoms with van der Waals surface area (Å²) in [7, 11) is -4.81. The molecule has 2 atom stereocenters. The van der Waals surface area contributed by atoms with Crippen molar-refractivity contribution in [3.63, 3.8) is 0 Å². The first kappa shape index (κ1) is 34.7. The van der Waals surface area contributed by atoms with Crippen LogP contribution in [0, 0.1) is 0 Å². The first-order valence-electron chi connectivity index (χ1n) is 11.1. The number of hydrogen-bond acceptors (Lipinski definition) is 7. The third kappa shape index (κ3) is 18.0. The third-order valence-electron chi connectivity index (χ3n) is 5.30. The number of carbonyl (C=O) groups is 1. The van der Waals surface area contributed by atoms with E-state index in [0.29, 0.717) is 19.3 Å². The van der Waals surface area contributed by atoms with Crippen LogP contribution in [-0.4, -0.2) is 34.6 Å². The molecule has 1 aromatic rings. The Morgan fingerprint density at radius 2 is 1.53 bits per heavy atom. The van der Waals surface area contributed by atoms with Gasteiger partial charge in [-0.05, 0) is 25.7 Å². The summed E-state index contributed by atoms with van der Waals surface area (Å²) in [6, 6.07) is -0.282. The Labute approximate surface area is 237 Å². The molecule has 0 saturated heterocycles. The summed E-state index contributed by atoms with van der Waals surface area (Å²) >= 11 is 0. The van der Waals surface area contributed by atoms with Crippen LogP contribution in [0.15, 0.2) is 18.7 Å². The molecular formula is C21H36N2Na2O6S. The maximum Gasteiger partial charge on any atom is 1.00 e. The largest absolute Gasteiger partial charge is 1.00 e. The van der Waals surface area contributed by atoms with E-state index in [2.05, 4.69) is 11.9 Å². The number of aliphatic carboxylic acids is 1. The molecule has 0 amide bonds. The number of carboxylic acids is 1. The van der Waals surface area contributed by atoms with Crippen LogP contribution in [0.5, 0.6) is 0 Å². The number of imidazole rings is 1. The Morgan fingerprint density at radius 1 is 0.969 bits per heavy atom. The zero-order chi connectivity index (χ0) is 22.2. The summed E-state index contributed by atoms with van der Waals surface area (Å²) in [5.41, 5.74) is 0. The van der Waals surface area contributed by atoms with E-state index in [1.54, 1.807) is 18.7 Å². The summed E-state index contributed by atoms with van der Waals surface area (Å²) in [4.78, 5) is 14.5. The molecule has 0 radical (unpaired) electrons. The predicted molar refractivity (Wildman–Crippen MR) is 111 cm³/mol. The average Bonchev–Trinajstić information content (AvgIpc) is 3.19. The molecule has 0 aromatic carbocycles. The van der Waals surface area contributed by atoms with Gasteiger partial charge in [-0.3, -0.25) is 4.18 Å². The van der Waals surface area contributed by atoms with E-state index in [4.69, 9.17) is 4.18 Å². The normalized spacial score (nSPS) is 13.1. The Kier molecular flexibility index (Phi) is 22.7. The van der Waals surface area contributed by atoms with E-state index < -0.39 is 22.5 Å². The van der Waals surface area contributed by atoms with Crippen molar-refractivity contribution in [1.29, 1.82) is 0 Å². The van der Waals surface area contributed by atoms with Crippen molar-refractivity contribution >= 4 is 16.4 Å². The summed E-state index contributed by atoms with van der Waals surface area (Å²) in [5.74, 6) is -1.02. The van der Waals surface area contributed by atoms with Crippen LogP contribution >= 0.6 is 0 Å². The van der Waals surface area contributed by atoms with Gasteiger partial charge in [0.25, 0.3) is 0 Å². The van der Waals surface area contributed by atoms with Crippen molar-refractivity contribution < 1.29 is 86.2 Å². The van der Waals surface area contributed by atoms with Crippen LogP contribution < -0.4 is 64.2 Å². The first-order valence-corrected chi connectivity index (χ1v) is 12.5. The van der Waals surface area contributed by atoms with E-state index >= 15 is 0 Å². The molecule has 0 N–H and O–H groups in total. The molecule has 8 nitrogen and oxygen atoms in total. The van der Waals surface area contributed by atoms with Gasteiger partial charge in [0.1, 0.15) is 0 Å². The Hall–Kier alpha value is 0.550. The summed E-state index contributed by atoms with van der Waals surface area (Å²) in [6.07, 6.45) is 16.0. The number of aromatic nitrogens is 2. The van der Waals surface area contributed by atoms with Gasteiger partial charge < -0.3 is 19.0 Å². The monoisotopic (exact) mass is 490 g/mol. The van der Waals surface area contributed by atoms with Crippen molar-refractivity contribution in [2.24, 2.45) is 0 Å². The molecular weight excluding hydrogens is 454 g/mol. The molecule has 1 heterocycles. The van der Waals surface area contributed by atoms with Gasteiger partial charge in [-0.1, -0.05) is 71.1 Å². The maximum atomic E-state index is 11.3. The quantitative estimate of drug-likeness (QED) is 0.0909. The van der Waals surface area contributed by atoms with Crippen LogP contribution in [0.2, 0.25) is 0 Å². The molecule has 11 heteroatoms. The van der Waals surface area contributed by atoms with E-state index in [9.17, 15) is 22.9 Å². The molecule has 0 aliphatic carbocycles. The SMILES string of the molecule is CCCCCCCCC(OS(=O)(=O)[O-])C(CCCCCCCC(=O)[O-])n1ccnc1.[Na+].[Na+]. The molecule has 1 aromatic heterocycles. The van der Waals surface area contributed by atoms with Gasteiger partial charge in [-0.2, -0.15) is 0 Å². The minimum absolute atomic E-state index is 0. The van der Waals surface area contributed by atoms with Crippen molar-refractivity contribution in [3.8, 4) is 0 Å². The number of unbranched alkanes of at least 4 members (excludes halogenated alkanes) is 9. The van der Waals surface area contributed by atoms with Crippen molar-refractivity contribution in [2.45, 2.75) is 109 Å². The smallest absolute Gasteiger partial charge is 0.726 e. The number of carboxylic acid groups (broad SMARTS) is 1. The van der Waals surface area contributed by atoms with Gasteiger partial charge >= 0.3 is 59.1 Å². The molecule has 0 aliphatic rings.